The molecule has 4 aromatic rings. The molecule has 0 amide bonds. The Morgan fingerprint density at radius 2 is 0.717 bits per heavy atom. The molecule has 240 valence electrons. The molecule has 46 heavy (non-hydrogen) atoms. The van der Waals surface area contributed by atoms with Crippen LogP contribution in [0.4, 0.5) is 0 Å². The van der Waals surface area contributed by atoms with E-state index in [0.717, 1.165) is 47.9 Å². The zero-order chi connectivity index (χ0) is 31.0. The fourth-order valence-corrected chi connectivity index (χ4v) is 7.07. The van der Waals surface area contributed by atoms with E-state index < -0.39 is 30.2 Å². The van der Waals surface area contributed by atoms with E-state index >= 15 is 0 Å². The first-order chi connectivity index (χ1) is 22.8. The number of rotatable bonds is 12. The van der Waals surface area contributed by atoms with Crippen LogP contribution >= 0.6 is 0 Å². The minimum Gasteiger partial charge on any atom is -0.368 e. The lowest BCUT2D eigenvalue weighted by Crippen LogP contribution is -2.65. The number of fused-ring (bicyclic) bond motifs is 1. The third kappa shape index (κ3) is 7.44. The average Bonchev–Trinajstić information content (AvgIpc) is 3.48. The van der Waals surface area contributed by atoms with E-state index in [1.54, 1.807) is 0 Å². The van der Waals surface area contributed by atoms with Crippen LogP contribution in [-0.2, 0) is 54.8 Å². The van der Waals surface area contributed by atoms with Gasteiger partial charge in [0.1, 0.15) is 36.6 Å². The molecule has 3 unspecified atom stereocenters. The summed E-state index contributed by atoms with van der Waals surface area (Å²) in [6.07, 6.45) is 2.49. The first-order valence-electron chi connectivity index (χ1n) is 16.7. The Kier molecular flexibility index (Phi) is 10.2. The minimum absolute atomic E-state index is 0.375. The van der Waals surface area contributed by atoms with Gasteiger partial charge in [-0.3, -0.25) is 0 Å². The molecule has 1 aliphatic heterocycles. The van der Waals surface area contributed by atoms with Gasteiger partial charge in [-0.2, -0.15) is 0 Å². The summed E-state index contributed by atoms with van der Waals surface area (Å²) in [4.78, 5) is 0. The van der Waals surface area contributed by atoms with Gasteiger partial charge >= 0.3 is 0 Å². The van der Waals surface area contributed by atoms with E-state index in [-0.39, 0.29) is 12.2 Å². The van der Waals surface area contributed by atoms with Crippen LogP contribution in [-0.4, -0.2) is 42.4 Å². The fourth-order valence-electron chi connectivity index (χ4n) is 7.07. The van der Waals surface area contributed by atoms with Crippen LogP contribution in [0.1, 0.15) is 54.4 Å². The molecule has 2 aliphatic carbocycles. The van der Waals surface area contributed by atoms with Crippen LogP contribution < -0.4 is 0 Å². The summed E-state index contributed by atoms with van der Waals surface area (Å²) in [6.45, 7) is 1.68. The number of ether oxygens (including phenoxy) is 6. The molecule has 3 aliphatic rings. The molecule has 3 fully saturated rings. The smallest absolute Gasteiger partial charge is 0.169 e. The lowest BCUT2D eigenvalue weighted by molar-refractivity contribution is -0.252. The van der Waals surface area contributed by atoms with Crippen LogP contribution in [0.2, 0.25) is 0 Å². The normalized spacial score (nSPS) is 27.0. The Morgan fingerprint density at radius 3 is 1.04 bits per heavy atom. The molecular formula is C40H44O6. The van der Waals surface area contributed by atoms with Gasteiger partial charge in [0, 0.05) is 12.8 Å². The first-order valence-corrected chi connectivity index (χ1v) is 16.7. The van der Waals surface area contributed by atoms with Gasteiger partial charge in [-0.05, 0) is 35.1 Å². The Morgan fingerprint density at radius 1 is 0.413 bits per heavy atom. The van der Waals surface area contributed by atoms with Crippen molar-refractivity contribution in [2.24, 2.45) is 0 Å². The second-order valence-corrected chi connectivity index (χ2v) is 12.7. The second-order valence-electron chi connectivity index (χ2n) is 12.7. The highest BCUT2D eigenvalue weighted by atomic mass is 16.8. The highest BCUT2D eigenvalue weighted by Gasteiger charge is 2.62. The van der Waals surface area contributed by atoms with Crippen LogP contribution in [0.3, 0.4) is 0 Å². The van der Waals surface area contributed by atoms with Crippen LogP contribution in [0, 0.1) is 0 Å². The van der Waals surface area contributed by atoms with Crippen LogP contribution in [0.25, 0.3) is 0 Å². The van der Waals surface area contributed by atoms with Gasteiger partial charge in [-0.1, -0.05) is 128 Å². The van der Waals surface area contributed by atoms with Crippen molar-refractivity contribution in [1.82, 2.24) is 0 Å². The summed E-state index contributed by atoms with van der Waals surface area (Å²) in [6, 6.07) is 41.1. The standard InChI is InChI=1S/C40H44O6/c1-6-16-30(17-7-1)26-41-34-35(42-27-31-18-8-2-9-19-31)37(44-29-33-22-12-4-13-23-33)39-38(45-40(46-39)24-14-5-15-25-40)36(34)43-28-32-20-10-3-11-21-32/h1-4,6-13,16-23,34-39H,5,14-15,24-29H2/t34-,35?,36?,37?,38-,39+/m1/s1. The summed E-state index contributed by atoms with van der Waals surface area (Å²) in [5.74, 6) is -0.644. The Bertz CT molecular complexity index is 1350. The van der Waals surface area contributed by atoms with E-state index in [1.165, 1.54) is 6.42 Å². The Balaban J connectivity index is 1.25. The summed E-state index contributed by atoms with van der Waals surface area (Å²) < 4.78 is 41.5. The molecule has 0 N–H and O–H groups in total. The number of benzene rings is 4. The molecule has 6 heteroatoms. The van der Waals surface area contributed by atoms with Crippen molar-refractivity contribution in [2.75, 3.05) is 0 Å². The Labute approximate surface area is 272 Å². The molecular weight excluding hydrogens is 576 g/mol. The zero-order valence-corrected chi connectivity index (χ0v) is 26.3. The van der Waals surface area contributed by atoms with Gasteiger partial charge in [0.05, 0.1) is 26.4 Å². The van der Waals surface area contributed by atoms with Gasteiger partial charge in [-0.25, -0.2) is 0 Å². The monoisotopic (exact) mass is 620 g/mol. The average molecular weight is 621 g/mol. The highest BCUT2D eigenvalue weighted by molar-refractivity contribution is 5.18. The summed E-state index contributed by atoms with van der Waals surface area (Å²) >= 11 is 0. The third-order valence-electron chi connectivity index (χ3n) is 9.40. The maximum Gasteiger partial charge on any atom is 0.169 e. The first kappa shape index (κ1) is 31.3. The lowest BCUT2D eigenvalue weighted by atomic mass is 9.84. The molecule has 0 bridgehead atoms. The molecule has 6 nitrogen and oxygen atoms in total. The maximum absolute atomic E-state index is 7.01. The predicted molar refractivity (Wildman–Crippen MR) is 176 cm³/mol. The van der Waals surface area contributed by atoms with E-state index in [9.17, 15) is 0 Å². The van der Waals surface area contributed by atoms with E-state index in [4.69, 9.17) is 28.4 Å². The van der Waals surface area contributed by atoms with Crippen molar-refractivity contribution >= 4 is 0 Å². The molecule has 7 rings (SSSR count). The predicted octanol–water partition coefficient (Wildman–Crippen LogP) is 7.79. The largest absolute Gasteiger partial charge is 0.368 e. The molecule has 0 aromatic heterocycles. The molecule has 2 saturated carbocycles. The summed E-state index contributed by atoms with van der Waals surface area (Å²) in [7, 11) is 0. The highest BCUT2D eigenvalue weighted by Crippen LogP contribution is 2.47. The van der Waals surface area contributed by atoms with Crippen molar-refractivity contribution in [1.29, 1.82) is 0 Å². The lowest BCUT2D eigenvalue weighted by Gasteiger charge is -2.46. The van der Waals surface area contributed by atoms with Gasteiger partial charge in [0.2, 0.25) is 0 Å². The molecule has 6 atom stereocenters. The van der Waals surface area contributed by atoms with Crippen molar-refractivity contribution in [3.63, 3.8) is 0 Å². The zero-order valence-electron chi connectivity index (χ0n) is 26.3. The SMILES string of the molecule is c1ccc(COC2C(OCc3ccccc3)[C@@H]3OC4(CCCCC4)O[C@@H]3C(OCc3ccccc3)[C@@H]2OCc2ccccc2)cc1. The quantitative estimate of drug-likeness (QED) is 0.161. The van der Waals surface area contributed by atoms with Gasteiger partial charge in [0.15, 0.2) is 5.79 Å². The second kappa shape index (κ2) is 15.0. The minimum atomic E-state index is -0.644. The Hall–Kier alpha value is -3.36. The molecule has 4 aromatic carbocycles. The van der Waals surface area contributed by atoms with E-state index in [1.807, 2.05) is 72.8 Å². The van der Waals surface area contributed by atoms with Gasteiger partial charge in [0.25, 0.3) is 0 Å². The van der Waals surface area contributed by atoms with Crippen molar-refractivity contribution in [3.8, 4) is 0 Å². The molecule has 1 spiro atoms. The van der Waals surface area contributed by atoms with Crippen LogP contribution in [0.5, 0.6) is 0 Å². The fraction of sp³-hybridized carbons (Fsp3) is 0.400. The molecule has 0 radical (unpaired) electrons. The van der Waals surface area contributed by atoms with E-state index in [0.29, 0.717) is 26.4 Å². The van der Waals surface area contributed by atoms with Crippen LogP contribution in [0.15, 0.2) is 121 Å². The van der Waals surface area contributed by atoms with Crippen molar-refractivity contribution < 1.29 is 28.4 Å². The summed E-state index contributed by atoms with van der Waals surface area (Å²) in [5, 5.41) is 0. The van der Waals surface area contributed by atoms with Crippen molar-refractivity contribution in [3.05, 3.63) is 144 Å². The number of hydrogen-bond donors (Lipinski definition) is 0. The maximum atomic E-state index is 7.01. The topological polar surface area (TPSA) is 55.4 Å². The molecule has 1 saturated heterocycles. The number of hydrogen-bond acceptors (Lipinski definition) is 6. The van der Waals surface area contributed by atoms with E-state index in [2.05, 4.69) is 48.5 Å². The van der Waals surface area contributed by atoms with Gasteiger partial charge in [-0.15, -0.1) is 0 Å². The third-order valence-corrected chi connectivity index (χ3v) is 9.40. The van der Waals surface area contributed by atoms with Gasteiger partial charge < -0.3 is 28.4 Å². The summed E-state index contributed by atoms with van der Waals surface area (Å²) in [5.41, 5.74) is 4.36. The van der Waals surface area contributed by atoms with Crippen molar-refractivity contribution in [2.45, 2.75) is 101 Å². The molecule has 1 heterocycles.